The Bertz CT molecular complexity index is 365. The highest BCUT2D eigenvalue weighted by atomic mass is 16.5. The first-order chi connectivity index (χ1) is 7.72. The van der Waals surface area contributed by atoms with E-state index in [1.165, 1.54) is 11.9 Å². The standard InChI is InChI=1S/C12H16N2O2/c1-10(2)7-8-16-12-5-3-11(4-6-12)13-9-14-15/h3-7,9,15H,8H2,1-2H3,(H,13,14). The topological polar surface area (TPSA) is 53.8 Å². The Kier molecular flexibility index (Phi) is 5.08. The summed E-state index contributed by atoms with van der Waals surface area (Å²) in [6.07, 6.45) is 3.22. The number of nitrogens with one attached hydrogen (secondary N) is 1. The van der Waals surface area contributed by atoms with E-state index in [4.69, 9.17) is 9.94 Å². The minimum atomic E-state index is 0.573. The lowest BCUT2D eigenvalue weighted by molar-refractivity contribution is 0.240. The Balaban J connectivity index is 2.51. The van der Waals surface area contributed by atoms with Gasteiger partial charge in [-0.1, -0.05) is 5.57 Å². The number of allylic oxidation sites excluding steroid dienone is 1. The molecule has 4 heteroatoms. The fourth-order valence-corrected chi connectivity index (χ4v) is 1.04. The quantitative estimate of drug-likeness (QED) is 0.347. The summed E-state index contributed by atoms with van der Waals surface area (Å²) in [5, 5.41) is 8.32. The van der Waals surface area contributed by atoms with Crippen LogP contribution in [-0.4, -0.2) is 18.2 Å². The highest BCUT2D eigenvalue weighted by Crippen LogP contribution is 2.17. The molecule has 0 saturated carbocycles. The second-order valence-electron chi connectivity index (χ2n) is 3.47. The van der Waals surface area contributed by atoms with Crippen molar-refractivity contribution in [3.63, 3.8) is 0 Å². The molecule has 0 aliphatic heterocycles. The van der Waals surface area contributed by atoms with Gasteiger partial charge in [-0.25, -0.2) is 4.99 Å². The van der Waals surface area contributed by atoms with Gasteiger partial charge < -0.3 is 4.74 Å². The van der Waals surface area contributed by atoms with Crippen molar-refractivity contribution in [1.82, 2.24) is 5.48 Å². The smallest absolute Gasteiger partial charge is 0.119 e. The second kappa shape index (κ2) is 6.63. The van der Waals surface area contributed by atoms with Crippen molar-refractivity contribution in [3.8, 4) is 5.75 Å². The first-order valence-electron chi connectivity index (χ1n) is 5.01. The Labute approximate surface area is 95.2 Å². The third-order valence-corrected chi connectivity index (χ3v) is 1.85. The number of benzene rings is 1. The molecule has 86 valence electrons. The SMILES string of the molecule is CC(C)=CCOc1ccc(N=CNO)cc1. The summed E-state index contributed by atoms with van der Waals surface area (Å²) in [6.45, 7) is 4.63. The summed E-state index contributed by atoms with van der Waals surface area (Å²) in [6, 6.07) is 7.29. The molecule has 0 amide bonds. The van der Waals surface area contributed by atoms with Crippen LogP contribution in [0.2, 0.25) is 0 Å². The Morgan fingerprint density at radius 1 is 1.38 bits per heavy atom. The average Bonchev–Trinajstić information content (AvgIpc) is 2.27. The van der Waals surface area contributed by atoms with Crippen LogP contribution in [0, 0.1) is 0 Å². The fraction of sp³-hybridized carbons (Fsp3) is 0.250. The van der Waals surface area contributed by atoms with Crippen LogP contribution in [0.1, 0.15) is 13.8 Å². The molecule has 0 radical (unpaired) electrons. The molecule has 1 aromatic carbocycles. The van der Waals surface area contributed by atoms with E-state index in [0.29, 0.717) is 6.61 Å². The normalized spacial score (nSPS) is 10.2. The maximum Gasteiger partial charge on any atom is 0.119 e. The van der Waals surface area contributed by atoms with Crippen molar-refractivity contribution in [1.29, 1.82) is 0 Å². The number of nitrogens with zero attached hydrogens (tertiary/aromatic N) is 1. The second-order valence-corrected chi connectivity index (χ2v) is 3.47. The van der Waals surface area contributed by atoms with Gasteiger partial charge >= 0.3 is 0 Å². The molecule has 0 aliphatic carbocycles. The zero-order chi connectivity index (χ0) is 11.8. The van der Waals surface area contributed by atoms with Gasteiger partial charge in [-0.05, 0) is 44.2 Å². The molecule has 16 heavy (non-hydrogen) atoms. The summed E-state index contributed by atoms with van der Waals surface area (Å²) in [7, 11) is 0. The lowest BCUT2D eigenvalue weighted by Crippen LogP contribution is -2.00. The predicted molar refractivity (Wildman–Crippen MR) is 64.4 cm³/mol. The van der Waals surface area contributed by atoms with Crippen LogP contribution in [0.15, 0.2) is 40.9 Å². The van der Waals surface area contributed by atoms with Gasteiger partial charge in [-0.3, -0.25) is 10.7 Å². The van der Waals surface area contributed by atoms with E-state index in [-0.39, 0.29) is 0 Å². The van der Waals surface area contributed by atoms with Crippen LogP contribution in [0.5, 0.6) is 5.75 Å². The molecular weight excluding hydrogens is 204 g/mol. The molecule has 0 heterocycles. The molecule has 0 bridgehead atoms. The number of ether oxygens (including phenoxy) is 1. The number of hydrogen-bond acceptors (Lipinski definition) is 3. The van der Waals surface area contributed by atoms with Gasteiger partial charge in [0.15, 0.2) is 0 Å². The molecule has 0 aromatic heterocycles. The van der Waals surface area contributed by atoms with E-state index in [2.05, 4.69) is 4.99 Å². The van der Waals surface area contributed by atoms with E-state index in [9.17, 15) is 0 Å². The molecule has 0 fully saturated rings. The molecule has 0 spiro atoms. The minimum Gasteiger partial charge on any atom is -0.490 e. The van der Waals surface area contributed by atoms with Crippen LogP contribution < -0.4 is 10.2 Å². The predicted octanol–water partition coefficient (Wildman–Crippen LogP) is 2.67. The average molecular weight is 220 g/mol. The maximum absolute atomic E-state index is 8.32. The fourth-order valence-electron chi connectivity index (χ4n) is 1.04. The number of hydroxylamine groups is 1. The van der Waals surface area contributed by atoms with Crippen molar-refractivity contribution >= 4 is 12.0 Å². The van der Waals surface area contributed by atoms with E-state index in [1.807, 2.05) is 49.7 Å². The molecule has 0 saturated heterocycles. The van der Waals surface area contributed by atoms with Gasteiger partial charge in [0.1, 0.15) is 18.7 Å². The van der Waals surface area contributed by atoms with Gasteiger partial charge in [0, 0.05) is 0 Å². The zero-order valence-electron chi connectivity index (χ0n) is 9.47. The number of hydrogen-bond donors (Lipinski definition) is 2. The summed E-state index contributed by atoms with van der Waals surface area (Å²) >= 11 is 0. The Morgan fingerprint density at radius 3 is 2.62 bits per heavy atom. The van der Waals surface area contributed by atoms with Gasteiger partial charge in [0.25, 0.3) is 0 Å². The number of rotatable bonds is 5. The van der Waals surface area contributed by atoms with E-state index >= 15 is 0 Å². The van der Waals surface area contributed by atoms with Gasteiger partial charge in [0.05, 0.1) is 5.69 Å². The van der Waals surface area contributed by atoms with Gasteiger partial charge in [0.2, 0.25) is 0 Å². The monoisotopic (exact) mass is 220 g/mol. The van der Waals surface area contributed by atoms with Crippen LogP contribution >= 0.6 is 0 Å². The Morgan fingerprint density at radius 2 is 2.06 bits per heavy atom. The third-order valence-electron chi connectivity index (χ3n) is 1.85. The Hall–Kier alpha value is -1.81. The summed E-state index contributed by atoms with van der Waals surface area (Å²) in [5.41, 5.74) is 3.82. The van der Waals surface area contributed by atoms with Crippen molar-refractivity contribution in [2.45, 2.75) is 13.8 Å². The molecule has 0 aliphatic rings. The molecule has 1 rings (SSSR count). The maximum atomic E-state index is 8.32. The zero-order valence-corrected chi connectivity index (χ0v) is 9.47. The number of aliphatic imine (C=N–C) groups is 1. The van der Waals surface area contributed by atoms with Crippen LogP contribution in [-0.2, 0) is 0 Å². The molecule has 4 nitrogen and oxygen atoms in total. The van der Waals surface area contributed by atoms with E-state index in [0.717, 1.165) is 11.4 Å². The molecule has 1 aromatic rings. The molecule has 2 N–H and O–H groups in total. The van der Waals surface area contributed by atoms with Crippen molar-refractivity contribution in [3.05, 3.63) is 35.9 Å². The highest BCUT2D eigenvalue weighted by Gasteiger charge is 1.92. The van der Waals surface area contributed by atoms with Crippen LogP contribution in [0.3, 0.4) is 0 Å². The van der Waals surface area contributed by atoms with Crippen molar-refractivity contribution in [2.75, 3.05) is 6.61 Å². The minimum absolute atomic E-state index is 0.573. The molecule has 0 atom stereocenters. The van der Waals surface area contributed by atoms with Gasteiger partial charge in [-0.2, -0.15) is 0 Å². The van der Waals surface area contributed by atoms with Crippen molar-refractivity contribution in [2.24, 2.45) is 4.99 Å². The van der Waals surface area contributed by atoms with Crippen LogP contribution in [0.25, 0.3) is 0 Å². The first-order valence-corrected chi connectivity index (χ1v) is 5.01. The lowest BCUT2D eigenvalue weighted by Gasteiger charge is -2.03. The molecular formula is C12H16N2O2. The summed E-state index contributed by atoms with van der Waals surface area (Å²) in [4.78, 5) is 3.92. The van der Waals surface area contributed by atoms with E-state index in [1.54, 1.807) is 0 Å². The summed E-state index contributed by atoms with van der Waals surface area (Å²) < 4.78 is 5.48. The highest BCUT2D eigenvalue weighted by molar-refractivity contribution is 5.59. The van der Waals surface area contributed by atoms with E-state index < -0.39 is 0 Å². The van der Waals surface area contributed by atoms with Crippen LogP contribution in [0.4, 0.5) is 5.69 Å². The third kappa shape index (κ3) is 4.61. The first kappa shape index (κ1) is 12.3. The molecule has 0 unspecified atom stereocenters. The van der Waals surface area contributed by atoms with Gasteiger partial charge in [-0.15, -0.1) is 0 Å². The summed E-state index contributed by atoms with van der Waals surface area (Å²) in [5.74, 6) is 0.799. The van der Waals surface area contributed by atoms with Crippen molar-refractivity contribution < 1.29 is 9.94 Å². The lowest BCUT2D eigenvalue weighted by atomic mass is 10.3. The largest absolute Gasteiger partial charge is 0.490 e.